The molecule has 1 aromatic rings. The summed E-state index contributed by atoms with van der Waals surface area (Å²) in [4.78, 5) is 11.2. The molecule has 2 heterocycles. The van der Waals surface area contributed by atoms with Gasteiger partial charge in [-0.1, -0.05) is 6.08 Å². The minimum absolute atomic E-state index is 0.718. The number of nitrogens with one attached hydrogen (secondary N) is 2. The number of rotatable bonds is 6. The molecule has 1 aromatic heterocycles. The van der Waals surface area contributed by atoms with E-state index in [1.54, 1.807) is 18.4 Å². The Morgan fingerprint density at radius 1 is 1.50 bits per heavy atom. The zero-order valence-corrected chi connectivity index (χ0v) is 12.9. The molecule has 20 heavy (non-hydrogen) atoms. The van der Waals surface area contributed by atoms with Crippen LogP contribution in [0.5, 0.6) is 0 Å². The Bertz CT molecular complexity index is 448. The van der Waals surface area contributed by atoms with Gasteiger partial charge in [0.15, 0.2) is 11.1 Å². The average molecular weight is 293 g/mol. The Morgan fingerprint density at radius 3 is 3.00 bits per heavy atom. The summed E-state index contributed by atoms with van der Waals surface area (Å²) < 4.78 is 0. The molecule has 110 valence electrons. The highest BCUT2D eigenvalue weighted by Gasteiger charge is 2.15. The summed E-state index contributed by atoms with van der Waals surface area (Å²) in [5.74, 6) is 0.805. The summed E-state index contributed by atoms with van der Waals surface area (Å²) in [5.41, 5.74) is 1.16. The van der Waals surface area contributed by atoms with E-state index in [1.807, 2.05) is 6.08 Å². The summed E-state index contributed by atoms with van der Waals surface area (Å²) >= 11 is 1.75. The van der Waals surface area contributed by atoms with Crippen molar-refractivity contribution in [3.63, 3.8) is 0 Å². The summed E-state index contributed by atoms with van der Waals surface area (Å²) in [7, 11) is 1.77. The average Bonchev–Trinajstić information content (AvgIpc) is 3.13. The number of hydrogen-bond donors (Lipinski definition) is 2. The smallest absolute Gasteiger partial charge is 0.191 e. The first-order chi connectivity index (χ1) is 9.83. The number of aliphatic imine (C=N–C) groups is 1. The van der Waals surface area contributed by atoms with Crippen LogP contribution in [0.4, 0.5) is 5.13 Å². The van der Waals surface area contributed by atoms with Crippen LogP contribution >= 0.6 is 11.3 Å². The van der Waals surface area contributed by atoms with Crippen LogP contribution in [0, 0.1) is 0 Å². The highest BCUT2D eigenvalue weighted by Crippen LogP contribution is 2.24. The third kappa shape index (κ3) is 4.23. The molecular formula is C14H23N5S. The minimum Gasteiger partial charge on any atom is -0.356 e. The third-order valence-corrected chi connectivity index (χ3v) is 4.18. The molecule has 2 N–H and O–H groups in total. The molecular weight excluding hydrogens is 270 g/mol. The molecule has 2 rings (SSSR count). The van der Waals surface area contributed by atoms with Gasteiger partial charge in [-0.25, -0.2) is 4.98 Å². The first kappa shape index (κ1) is 14.8. The van der Waals surface area contributed by atoms with E-state index in [9.17, 15) is 0 Å². The Kier molecular flexibility index (Phi) is 5.86. The largest absolute Gasteiger partial charge is 0.356 e. The summed E-state index contributed by atoms with van der Waals surface area (Å²) in [6.07, 6.45) is 5.32. The van der Waals surface area contributed by atoms with Crippen LogP contribution in [0.3, 0.4) is 0 Å². The van der Waals surface area contributed by atoms with E-state index in [4.69, 9.17) is 4.98 Å². The predicted octanol–water partition coefficient (Wildman–Crippen LogP) is 1.64. The monoisotopic (exact) mass is 293 g/mol. The van der Waals surface area contributed by atoms with Crippen molar-refractivity contribution in [3.8, 4) is 0 Å². The van der Waals surface area contributed by atoms with Crippen LogP contribution in [0.25, 0.3) is 0 Å². The van der Waals surface area contributed by atoms with Gasteiger partial charge in [-0.15, -0.1) is 17.9 Å². The van der Waals surface area contributed by atoms with E-state index in [-0.39, 0.29) is 0 Å². The Hall–Kier alpha value is -1.56. The lowest BCUT2D eigenvalue weighted by Crippen LogP contribution is -2.38. The van der Waals surface area contributed by atoms with Gasteiger partial charge in [-0.05, 0) is 12.8 Å². The molecule has 1 aliphatic heterocycles. The van der Waals surface area contributed by atoms with E-state index >= 15 is 0 Å². The van der Waals surface area contributed by atoms with Gasteiger partial charge >= 0.3 is 0 Å². The second-order valence-electron chi connectivity index (χ2n) is 4.73. The molecule has 6 heteroatoms. The summed E-state index contributed by atoms with van der Waals surface area (Å²) in [6, 6.07) is 0. The van der Waals surface area contributed by atoms with Gasteiger partial charge in [-0.3, -0.25) is 4.99 Å². The molecule has 1 aliphatic rings. The van der Waals surface area contributed by atoms with Crippen molar-refractivity contribution in [1.82, 2.24) is 15.6 Å². The fourth-order valence-corrected chi connectivity index (χ4v) is 3.08. The zero-order chi connectivity index (χ0) is 14.2. The Balaban J connectivity index is 1.75. The molecule has 0 saturated carbocycles. The molecule has 0 amide bonds. The quantitative estimate of drug-likeness (QED) is 0.475. The van der Waals surface area contributed by atoms with Crippen molar-refractivity contribution in [2.45, 2.75) is 19.3 Å². The van der Waals surface area contributed by atoms with Crippen LogP contribution in [-0.2, 0) is 6.42 Å². The predicted molar refractivity (Wildman–Crippen MR) is 86.8 cm³/mol. The van der Waals surface area contributed by atoms with E-state index in [0.717, 1.165) is 44.3 Å². The van der Waals surface area contributed by atoms with Crippen LogP contribution < -0.4 is 15.5 Å². The fourth-order valence-electron chi connectivity index (χ4n) is 2.16. The maximum absolute atomic E-state index is 4.71. The number of aromatic nitrogens is 1. The van der Waals surface area contributed by atoms with Gasteiger partial charge in [0.2, 0.25) is 0 Å². The van der Waals surface area contributed by atoms with Gasteiger partial charge in [-0.2, -0.15) is 0 Å². The standard InChI is InChI=1S/C14H23N5S/c1-3-7-16-13(15-2)17-8-6-12-11-20-14(18-12)19-9-4-5-10-19/h3,11H,1,4-10H2,2H3,(H2,15,16,17). The van der Waals surface area contributed by atoms with Gasteiger partial charge in [0.1, 0.15) is 0 Å². The first-order valence-corrected chi connectivity index (χ1v) is 7.96. The Morgan fingerprint density at radius 2 is 2.30 bits per heavy atom. The van der Waals surface area contributed by atoms with Gasteiger partial charge in [0, 0.05) is 45.0 Å². The summed E-state index contributed by atoms with van der Waals surface area (Å²) in [5, 5.41) is 9.76. The van der Waals surface area contributed by atoms with Crippen LogP contribution in [-0.4, -0.2) is 44.2 Å². The van der Waals surface area contributed by atoms with Crippen molar-refractivity contribution >= 4 is 22.4 Å². The van der Waals surface area contributed by atoms with Gasteiger partial charge in [0.05, 0.1) is 5.69 Å². The van der Waals surface area contributed by atoms with Crippen molar-refractivity contribution in [3.05, 3.63) is 23.7 Å². The number of thiazole rings is 1. The van der Waals surface area contributed by atoms with E-state index in [1.165, 1.54) is 18.0 Å². The molecule has 0 unspecified atom stereocenters. The van der Waals surface area contributed by atoms with Crippen LogP contribution in [0.1, 0.15) is 18.5 Å². The highest BCUT2D eigenvalue weighted by atomic mass is 32.1. The highest BCUT2D eigenvalue weighted by molar-refractivity contribution is 7.13. The normalized spacial score (nSPS) is 15.4. The number of hydrogen-bond acceptors (Lipinski definition) is 4. The lowest BCUT2D eigenvalue weighted by molar-refractivity contribution is 0.807. The third-order valence-electron chi connectivity index (χ3n) is 3.23. The van der Waals surface area contributed by atoms with Crippen molar-refractivity contribution in [2.24, 2.45) is 4.99 Å². The molecule has 0 atom stereocenters. The second-order valence-corrected chi connectivity index (χ2v) is 5.57. The molecule has 0 aliphatic carbocycles. The maximum atomic E-state index is 4.71. The molecule has 0 aromatic carbocycles. The zero-order valence-electron chi connectivity index (χ0n) is 12.1. The lowest BCUT2D eigenvalue weighted by atomic mass is 10.3. The van der Waals surface area contributed by atoms with Crippen molar-refractivity contribution in [1.29, 1.82) is 0 Å². The molecule has 1 saturated heterocycles. The van der Waals surface area contributed by atoms with Gasteiger partial charge in [0.25, 0.3) is 0 Å². The lowest BCUT2D eigenvalue weighted by Gasteiger charge is -2.12. The SMILES string of the molecule is C=CCNC(=NC)NCCc1csc(N2CCCC2)n1. The summed E-state index contributed by atoms with van der Waals surface area (Å²) in [6.45, 7) is 7.54. The second kappa shape index (κ2) is 7.89. The Labute approximate surface area is 124 Å². The maximum Gasteiger partial charge on any atom is 0.191 e. The van der Waals surface area contributed by atoms with Crippen LogP contribution in [0.2, 0.25) is 0 Å². The number of guanidine groups is 1. The topological polar surface area (TPSA) is 52.6 Å². The number of anilines is 1. The van der Waals surface area contributed by atoms with Gasteiger partial charge < -0.3 is 15.5 Å². The molecule has 5 nitrogen and oxygen atoms in total. The van der Waals surface area contributed by atoms with E-state index in [2.05, 4.69) is 32.5 Å². The molecule has 0 bridgehead atoms. The fraction of sp³-hybridized carbons (Fsp3) is 0.571. The molecule has 0 radical (unpaired) electrons. The molecule has 0 spiro atoms. The minimum atomic E-state index is 0.718. The van der Waals surface area contributed by atoms with Crippen molar-refractivity contribution < 1.29 is 0 Å². The number of nitrogens with zero attached hydrogens (tertiary/aromatic N) is 3. The van der Waals surface area contributed by atoms with E-state index < -0.39 is 0 Å². The van der Waals surface area contributed by atoms with E-state index in [0.29, 0.717) is 0 Å². The first-order valence-electron chi connectivity index (χ1n) is 7.08. The molecule has 1 fully saturated rings. The van der Waals surface area contributed by atoms with Crippen molar-refractivity contribution in [2.75, 3.05) is 38.1 Å². The van der Waals surface area contributed by atoms with Crippen LogP contribution in [0.15, 0.2) is 23.0 Å².